The van der Waals surface area contributed by atoms with Crippen molar-refractivity contribution >= 4 is 36.9 Å². The molecule has 0 unspecified atom stereocenters. The summed E-state index contributed by atoms with van der Waals surface area (Å²) in [5.74, 6) is -1.43. The number of phenolic OH excluding ortho intramolecular Hbond substituents is 2. The molecule has 40 heavy (non-hydrogen) atoms. The molecule has 1 aliphatic heterocycles. The average Bonchev–Trinajstić information content (AvgIpc) is 2.84. The molecule has 0 radical (unpaired) electrons. The molecular weight excluding hydrogens is 550 g/mol. The quantitative estimate of drug-likeness (QED) is 0.257. The van der Waals surface area contributed by atoms with Gasteiger partial charge in [0.05, 0.1) is 5.02 Å². The van der Waals surface area contributed by atoms with Crippen LogP contribution in [0.4, 0.5) is 0 Å². The van der Waals surface area contributed by atoms with Crippen LogP contribution in [0.15, 0.2) is 45.6 Å². The third kappa shape index (κ3) is 5.93. The van der Waals surface area contributed by atoms with E-state index < -0.39 is 43.6 Å². The highest BCUT2D eigenvalue weighted by Gasteiger charge is 2.42. The molecule has 0 amide bonds. The van der Waals surface area contributed by atoms with E-state index in [1.165, 1.54) is 6.07 Å². The Balaban J connectivity index is 1.77. The number of likely N-dealkylation sites (N-methyl/N-ethyl adjacent to an activating group) is 1. The lowest BCUT2D eigenvalue weighted by atomic mass is 9.85. The van der Waals surface area contributed by atoms with Crippen LogP contribution in [0.1, 0.15) is 45.6 Å². The second-order valence-electron chi connectivity index (χ2n) is 12.1. The predicted molar refractivity (Wildman–Crippen MR) is 159 cm³/mol. The van der Waals surface area contributed by atoms with Crippen molar-refractivity contribution < 1.29 is 28.6 Å². The molecule has 1 aliphatic rings. The van der Waals surface area contributed by atoms with Crippen molar-refractivity contribution in [1.82, 2.24) is 4.90 Å². The Morgan fingerprint density at radius 2 is 1.85 bits per heavy atom. The summed E-state index contributed by atoms with van der Waals surface area (Å²) >= 11 is 6.38. The fourth-order valence-electron chi connectivity index (χ4n) is 4.91. The van der Waals surface area contributed by atoms with Crippen LogP contribution in [0.3, 0.4) is 0 Å². The van der Waals surface area contributed by atoms with Crippen LogP contribution < -0.4 is 5.43 Å². The average molecular weight is 588 g/mol. The number of phenols is 2. The fourth-order valence-corrected chi connectivity index (χ4v) is 6.47. The van der Waals surface area contributed by atoms with E-state index in [2.05, 4.69) is 33.9 Å². The number of ether oxygens (including phenoxy) is 1. The summed E-state index contributed by atoms with van der Waals surface area (Å²) in [6.45, 7) is 13.2. The first kappa shape index (κ1) is 30.1. The Hall–Kier alpha value is -2.85. The Kier molecular flexibility index (Phi) is 8.43. The second-order valence-corrected chi connectivity index (χ2v) is 17.3. The van der Waals surface area contributed by atoms with Crippen LogP contribution in [0.5, 0.6) is 11.5 Å². The minimum Gasteiger partial charge on any atom is -0.507 e. The number of esters is 1. The summed E-state index contributed by atoms with van der Waals surface area (Å²) < 4.78 is 18.5. The molecule has 4 rings (SSSR count). The predicted octanol–water partition coefficient (Wildman–Crippen LogP) is 6.27. The molecule has 3 aromatic rings. The zero-order valence-electron chi connectivity index (χ0n) is 24.1. The summed E-state index contributed by atoms with van der Waals surface area (Å²) in [5.41, 5.74) is 0.372. The molecule has 1 aromatic heterocycles. The van der Waals surface area contributed by atoms with Crippen molar-refractivity contribution in [1.29, 1.82) is 0 Å². The molecule has 0 aliphatic carbocycles. The Bertz CT molecular complexity index is 1480. The summed E-state index contributed by atoms with van der Waals surface area (Å²) in [4.78, 5) is 28.6. The number of carbonyl (C=O) groups is 1. The van der Waals surface area contributed by atoms with Crippen LogP contribution in [0, 0.1) is 0 Å². The SMILES string of the molecule is C[C@H](O[Si](C)(C)C(C)(C)C)C(=O)O[C@@H]1CN(C)CC[C@@H]1c1c(O)cc(O)c2c(=O)cc(-c3ccccc3Cl)oc12. The minimum atomic E-state index is -2.23. The van der Waals surface area contributed by atoms with Gasteiger partial charge in [-0.15, -0.1) is 0 Å². The first-order chi connectivity index (χ1) is 18.6. The van der Waals surface area contributed by atoms with Crippen molar-refractivity contribution in [3.8, 4) is 22.8 Å². The molecule has 2 heterocycles. The highest BCUT2D eigenvalue weighted by molar-refractivity contribution is 6.74. The molecule has 0 saturated carbocycles. The first-order valence-corrected chi connectivity index (χ1v) is 16.7. The molecule has 10 heteroatoms. The van der Waals surface area contributed by atoms with E-state index in [9.17, 15) is 19.8 Å². The van der Waals surface area contributed by atoms with Gasteiger partial charge in [0.15, 0.2) is 13.7 Å². The third-order valence-corrected chi connectivity index (χ3v) is 13.0. The third-order valence-electron chi connectivity index (χ3n) is 8.15. The van der Waals surface area contributed by atoms with Gasteiger partial charge in [0.25, 0.3) is 0 Å². The molecule has 1 fully saturated rings. The summed E-state index contributed by atoms with van der Waals surface area (Å²) in [6.07, 6.45) is -0.923. The van der Waals surface area contributed by atoms with E-state index in [4.69, 9.17) is 25.2 Å². The van der Waals surface area contributed by atoms with Crippen molar-refractivity contribution in [2.45, 2.75) is 70.4 Å². The first-order valence-electron chi connectivity index (χ1n) is 13.4. The van der Waals surface area contributed by atoms with E-state index in [1.807, 2.05) is 11.9 Å². The van der Waals surface area contributed by atoms with Crippen molar-refractivity contribution in [3.05, 3.63) is 57.2 Å². The van der Waals surface area contributed by atoms with Crippen LogP contribution in [-0.2, 0) is 14.0 Å². The normalized spacial score (nSPS) is 19.5. The number of nitrogens with zero attached hydrogens (tertiary/aromatic N) is 1. The van der Waals surface area contributed by atoms with Gasteiger partial charge in [-0.1, -0.05) is 44.5 Å². The maximum absolute atomic E-state index is 13.3. The lowest BCUT2D eigenvalue weighted by Gasteiger charge is -2.39. The van der Waals surface area contributed by atoms with E-state index in [-0.39, 0.29) is 27.5 Å². The molecule has 0 spiro atoms. The van der Waals surface area contributed by atoms with Crippen molar-refractivity contribution in [2.75, 3.05) is 20.1 Å². The van der Waals surface area contributed by atoms with Gasteiger partial charge in [-0.05, 0) is 57.2 Å². The number of hydrogen-bond acceptors (Lipinski definition) is 8. The van der Waals surface area contributed by atoms with E-state index in [0.717, 1.165) is 6.07 Å². The lowest BCUT2D eigenvalue weighted by molar-refractivity contribution is -0.160. The Morgan fingerprint density at radius 1 is 1.18 bits per heavy atom. The number of aromatic hydroxyl groups is 2. The smallest absolute Gasteiger partial charge is 0.334 e. The van der Waals surface area contributed by atoms with Crippen molar-refractivity contribution in [3.63, 3.8) is 0 Å². The van der Waals surface area contributed by atoms with Gasteiger partial charge in [0.1, 0.15) is 40.4 Å². The van der Waals surface area contributed by atoms with Gasteiger partial charge < -0.3 is 28.7 Å². The Morgan fingerprint density at radius 3 is 2.50 bits per heavy atom. The van der Waals surface area contributed by atoms with Gasteiger partial charge in [-0.25, -0.2) is 4.79 Å². The standard InChI is InChI=1S/C30H38ClNO7Si/c1-17(39-40(6,7)30(2,3)4)29(36)38-25-16-32(5)13-12-19(25)26-21(33)14-22(34)27-23(35)15-24(37-28(26)27)18-10-8-9-11-20(18)31/h8-11,14-15,17,19,25,33-34H,12-13,16H2,1-7H3/t17-,19-,25+/m0/s1. The number of likely N-dealkylation sites (tertiary alicyclic amines) is 1. The van der Waals surface area contributed by atoms with Crippen LogP contribution in [-0.4, -0.2) is 61.7 Å². The van der Waals surface area contributed by atoms with Crippen LogP contribution >= 0.6 is 11.6 Å². The van der Waals surface area contributed by atoms with Gasteiger partial charge >= 0.3 is 5.97 Å². The number of benzene rings is 2. The number of rotatable bonds is 6. The topological polar surface area (TPSA) is 109 Å². The minimum absolute atomic E-state index is 0.0427. The highest BCUT2D eigenvalue weighted by Crippen LogP contribution is 2.44. The van der Waals surface area contributed by atoms with Gasteiger partial charge in [-0.3, -0.25) is 4.79 Å². The van der Waals surface area contributed by atoms with Crippen LogP contribution in [0.2, 0.25) is 23.2 Å². The van der Waals surface area contributed by atoms with E-state index in [1.54, 1.807) is 31.2 Å². The zero-order valence-corrected chi connectivity index (χ0v) is 25.8. The molecule has 216 valence electrons. The molecule has 2 aromatic carbocycles. The number of fused-ring (bicyclic) bond motifs is 1. The highest BCUT2D eigenvalue weighted by atomic mass is 35.5. The number of hydrogen-bond donors (Lipinski definition) is 2. The molecule has 2 N–H and O–H groups in total. The van der Waals surface area contributed by atoms with Crippen molar-refractivity contribution in [2.24, 2.45) is 0 Å². The molecule has 3 atom stereocenters. The molecular formula is C30H38ClNO7Si. The summed E-state index contributed by atoms with van der Waals surface area (Å²) in [5, 5.41) is 22.0. The van der Waals surface area contributed by atoms with E-state index in [0.29, 0.717) is 35.7 Å². The second kappa shape index (κ2) is 11.2. The maximum Gasteiger partial charge on any atom is 0.334 e. The summed E-state index contributed by atoms with van der Waals surface area (Å²) in [6, 6.07) is 9.35. The largest absolute Gasteiger partial charge is 0.507 e. The number of carbonyl (C=O) groups excluding carboxylic acids is 1. The maximum atomic E-state index is 13.3. The van der Waals surface area contributed by atoms with Gasteiger partial charge in [0, 0.05) is 35.7 Å². The fraction of sp³-hybridized carbons (Fsp3) is 0.467. The van der Waals surface area contributed by atoms with Gasteiger partial charge in [0.2, 0.25) is 0 Å². The monoisotopic (exact) mass is 587 g/mol. The molecule has 0 bridgehead atoms. The number of piperidine rings is 1. The Labute approximate surface area is 240 Å². The molecule has 1 saturated heterocycles. The van der Waals surface area contributed by atoms with Crippen LogP contribution in [0.25, 0.3) is 22.3 Å². The van der Waals surface area contributed by atoms with Gasteiger partial charge in [-0.2, -0.15) is 0 Å². The lowest BCUT2D eigenvalue weighted by Crippen LogP contribution is -2.48. The van der Waals surface area contributed by atoms with E-state index >= 15 is 0 Å². The number of halogens is 1. The zero-order chi connectivity index (χ0) is 29.6. The molecule has 8 nitrogen and oxygen atoms in total. The summed E-state index contributed by atoms with van der Waals surface area (Å²) in [7, 11) is -0.304.